The number of hydrogen-bond donors (Lipinski definition) is 1. The Bertz CT molecular complexity index is 462. The maximum atomic E-state index is 8.76. The predicted octanol–water partition coefficient (Wildman–Crippen LogP) is 2.85. The second-order valence-electron chi connectivity index (χ2n) is 5.34. The van der Waals surface area contributed by atoms with E-state index in [-0.39, 0.29) is 0 Å². The van der Waals surface area contributed by atoms with Crippen LogP contribution in [0.15, 0.2) is 18.2 Å². The third-order valence-corrected chi connectivity index (χ3v) is 3.92. The molecule has 1 unspecified atom stereocenters. The summed E-state index contributed by atoms with van der Waals surface area (Å²) in [6.45, 7) is 4.14. The van der Waals surface area contributed by atoms with E-state index >= 15 is 0 Å². The van der Waals surface area contributed by atoms with Crippen LogP contribution < -0.4 is 10.2 Å². The van der Waals surface area contributed by atoms with Crippen LogP contribution in [0.3, 0.4) is 0 Å². The highest BCUT2D eigenvalue weighted by molar-refractivity contribution is 5.56. The predicted molar refractivity (Wildman–Crippen MR) is 79.2 cm³/mol. The molecule has 1 aliphatic rings. The Labute approximate surface area is 116 Å². The van der Waals surface area contributed by atoms with Crippen LogP contribution in [0.4, 0.5) is 5.69 Å². The second-order valence-corrected chi connectivity index (χ2v) is 5.34. The molecule has 0 aliphatic carbocycles. The van der Waals surface area contributed by atoms with Crippen molar-refractivity contribution in [2.45, 2.75) is 45.2 Å². The minimum atomic E-state index is 0.309. The van der Waals surface area contributed by atoms with Gasteiger partial charge in [0.25, 0.3) is 0 Å². The fourth-order valence-corrected chi connectivity index (χ4v) is 2.68. The Morgan fingerprint density at radius 2 is 2.32 bits per heavy atom. The Hall–Kier alpha value is -1.53. The summed E-state index contributed by atoms with van der Waals surface area (Å²) in [6, 6.07) is 9.30. The van der Waals surface area contributed by atoms with Crippen molar-refractivity contribution in [1.82, 2.24) is 5.32 Å². The second kappa shape index (κ2) is 6.58. The molecule has 0 amide bonds. The molecule has 3 heteroatoms. The Balaban J connectivity index is 2.00. The summed E-state index contributed by atoms with van der Waals surface area (Å²) in [4.78, 5) is 2.33. The molecule has 0 fully saturated rings. The van der Waals surface area contributed by atoms with Crippen molar-refractivity contribution >= 4 is 5.69 Å². The minimum Gasteiger partial charge on any atom is -0.374 e. The Morgan fingerprint density at radius 1 is 1.47 bits per heavy atom. The number of benzene rings is 1. The van der Waals surface area contributed by atoms with E-state index in [2.05, 4.69) is 48.5 Å². The van der Waals surface area contributed by atoms with Crippen molar-refractivity contribution in [2.24, 2.45) is 0 Å². The van der Waals surface area contributed by atoms with Crippen molar-refractivity contribution in [1.29, 1.82) is 5.26 Å². The first-order chi connectivity index (χ1) is 9.24. The lowest BCUT2D eigenvalue weighted by Gasteiger charge is -2.28. The maximum absolute atomic E-state index is 8.76. The fourth-order valence-electron chi connectivity index (χ4n) is 2.68. The lowest BCUT2D eigenvalue weighted by molar-refractivity contribution is 0.505. The fraction of sp³-hybridized carbons (Fsp3) is 0.562. The maximum Gasteiger partial charge on any atom is 0.0638 e. The van der Waals surface area contributed by atoms with Gasteiger partial charge in [-0.15, -0.1) is 0 Å². The first kappa shape index (κ1) is 13.9. The van der Waals surface area contributed by atoms with Crippen molar-refractivity contribution in [2.75, 3.05) is 18.5 Å². The molecular weight excluding hydrogens is 234 g/mol. The van der Waals surface area contributed by atoms with Gasteiger partial charge < -0.3 is 10.2 Å². The zero-order valence-electron chi connectivity index (χ0n) is 11.9. The number of rotatable bonds is 5. The third kappa shape index (κ3) is 3.48. The van der Waals surface area contributed by atoms with Crippen LogP contribution in [-0.2, 0) is 13.0 Å². The highest BCUT2D eigenvalue weighted by Gasteiger charge is 2.13. The van der Waals surface area contributed by atoms with Crippen LogP contribution in [0.5, 0.6) is 0 Å². The lowest BCUT2D eigenvalue weighted by Crippen LogP contribution is -2.28. The molecule has 0 saturated carbocycles. The standard InChI is InChI=1S/C16H23N3/c1-3-15(8-9-17)18-12-13-6-7-16-14(11-13)5-4-10-19(16)2/h6-7,11,15,18H,3-5,8,10,12H2,1-2H3. The normalized spacial score (nSPS) is 15.7. The van der Waals surface area contributed by atoms with Gasteiger partial charge in [0.1, 0.15) is 0 Å². The summed E-state index contributed by atoms with van der Waals surface area (Å²) >= 11 is 0. The molecule has 19 heavy (non-hydrogen) atoms. The van der Waals surface area contributed by atoms with Gasteiger partial charge in [-0.1, -0.05) is 19.1 Å². The van der Waals surface area contributed by atoms with Crippen LogP contribution in [0.1, 0.15) is 37.3 Å². The van der Waals surface area contributed by atoms with E-state index in [0.29, 0.717) is 12.5 Å². The monoisotopic (exact) mass is 257 g/mol. The Kier molecular flexibility index (Phi) is 4.81. The van der Waals surface area contributed by atoms with Gasteiger partial charge in [0, 0.05) is 31.9 Å². The molecule has 1 aliphatic heterocycles. The van der Waals surface area contributed by atoms with Crippen LogP contribution in [-0.4, -0.2) is 19.6 Å². The summed E-state index contributed by atoms with van der Waals surface area (Å²) in [5.41, 5.74) is 4.16. The van der Waals surface area contributed by atoms with Crippen LogP contribution in [0, 0.1) is 11.3 Å². The number of nitriles is 1. The number of hydrogen-bond acceptors (Lipinski definition) is 3. The quantitative estimate of drug-likeness (QED) is 0.881. The Morgan fingerprint density at radius 3 is 3.05 bits per heavy atom. The number of fused-ring (bicyclic) bond motifs is 1. The summed E-state index contributed by atoms with van der Waals surface area (Å²) in [5, 5.41) is 12.2. The molecule has 2 rings (SSSR count). The summed E-state index contributed by atoms with van der Waals surface area (Å²) in [6.07, 6.45) is 4.01. The number of nitrogens with one attached hydrogen (secondary N) is 1. The van der Waals surface area contributed by atoms with Crippen LogP contribution in [0.25, 0.3) is 0 Å². The summed E-state index contributed by atoms with van der Waals surface area (Å²) in [7, 11) is 2.16. The topological polar surface area (TPSA) is 39.1 Å². The lowest BCUT2D eigenvalue weighted by atomic mass is 9.99. The van der Waals surface area contributed by atoms with Gasteiger partial charge in [0.05, 0.1) is 12.5 Å². The molecule has 0 aromatic heterocycles. The summed E-state index contributed by atoms with van der Waals surface area (Å²) in [5.74, 6) is 0. The van der Waals surface area contributed by atoms with Gasteiger partial charge >= 0.3 is 0 Å². The van der Waals surface area contributed by atoms with Crippen LogP contribution >= 0.6 is 0 Å². The average Bonchev–Trinajstić information content (AvgIpc) is 2.43. The molecule has 102 valence electrons. The molecule has 1 aromatic rings. The molecule has 1 aromatic carbocycles. The minimum absolute atomic E-state index is 0.309. The van der Waals surface area contributed by atoms with Crippen molar-refractivity contribution in [3.8, 4) is 6.07 Å². The van der Waals surface area contributed by atoms with Gasteiger partial charge in [-0.05, 0) is 36.5 Å². The van der Waals surface area contributed by atoms with E-state index < -0.39 is 0 Å². The molecule has 1 atom stereocenters. The van der Waals surface area contributed by atoms with E-state index in [4.69, 9.17) is 5.26 Å². The zero-order chi connectivity index (χ0) is 13.7. The summed E-state index contributed by atoms with van der Waals surface area (Å²) < 4.78 is 0. The van der Waals surface area contributed by atoms with E-state index in [1.807, 2.05) is 0 Å². The highest BCUT2D eigenvalue weighted by Crippen LogP contribution is 2.26. The number of aryl methyl sites for hydroxylation is 1. The molecule has 0 bridgehead atoms. The largest absolute Gasteiger partial charge is 0.374 e. The smallest absolute Gasteiger partial charge is 0.0638 e. The molecule has 1 N–H and O–H groups in total. The van der Waals surface area contributed by atoms with E-state index in [1.54, 1.807) is 0 Å². The molecule has 1 heterocycles. The zero-order valence-corrected chi connectivity index (χ0v) is 11.9. The van der Waals surface area contributed by atoms with Gasteiger partial charge in [0.2, 0.25) is 0 Å². The van der Waals surface area contributed by atoms with E-state index in [0.717, 1.165) is 19.5 Å². The van der Waals surface area contributed by atoms with E-state index in [1.165, 1.54) is 29.7 Å². The van der Waals surface area contributed by atoms with Gasteiger partial charge in [-0.25, -0.2) is 0 Å². The average molecular weight is 257 g/mol. The van der Waals surface area contributed by atoms with E-state index in [9.17, 15) is 0 Å². The highest BCUT2D eigenvalue weighted by atomic mass is 15.1. The molecular formula is C16H23N3. The molecule has 3 nitrogen and oxygen atoms in total. The number of nitrogens with zero attached hydrogens (tertiary/aromatic N) is 2. The molecule has 0 radical (unpaired) electrons. The molecule has 0 spiro atoms. The number of anilines is 1. The van der Waals surface area contributed by atoms with Crippen LogP contribution in [0.2, 0.25) is 0 Å². The molecule has 0 saturated heterocycles. The first-order valence-corrected chi connectivity index (χ1v) is 7.18. The first-order valence-electron chi connectivity index (χ1n) is 7.18. The van der Waals surface area contributed by atoms with Gasteiger partial charge in [-0.3, -0.25) is 0 Å². The van der Waals surface area contributed by atoms with Crippen molar-refractivity contribution in [3.05, 3.63) is 29.3 Å². The van der Waals surface area contributed by atoms with Crippen molar-refractivity contribution < 1.29 is 0 Å². The van der Waals surface area contributed by atoms with Gasteiger partial charge in [0.15, 0.2) is 0 Å². The van der Waals surface area contributed by atoms with Gasteiger partial charge in [-0.2, -0.15) is 5.26 Å². The SMILES string of the molecule is CCC(CC#N)NCc1ccc2c(c1)CCCN2C. The third-order valence-electron chi connectivity index (χ3n) is 3.92. The van der Waals surface area contributed by atoms with Crippen molar-refractivity contribution in [3.63, 3.8) is 0 Å².